The molecule has 4 heteroatoms. The molecule has 1 amide bonds. The van der Waals surface area contributed by atoms with Crippen molar-refractivity contribution in [1.29, 1.82) is 5.41 Å². The SMILES string of the molecule is CC(C)=CC(=O)NC(=N)c1ccc(Cl)cc1C. The van der Waals surface area contributed by atoms with E-state index in [2.05, 4.69) is 5.32 Å². The van der Waals surface area contributed by atoms with Gasteiger partial charge >= 0.3 is 0 Å². The largest absolute Gasteiger partial charge is 0.307 e. The summed E-state index contributed by atoms with van der Waals surface area (Å²) < 4.78 is 0. The number of nitrogens with one attached hydrogen (secondary N) is 2. The second-order valence-corrected chi connectivity index (χ2v) is 4.48. The van der Waals surface area contributed by atoms with Crippen molar-refractivity contribution >= 4 is 23.3 Å². The summed E-state index contributed by atoms with van der Waals surface area (Å²) in [5.41, 5.74) is 2.42. The average Bonchev–Trinajstić information content (AvgIpc) is 2.15. The fourth-order valence-electron chi connectivity index (χ4n) is 1.40. The summed E-state index contributed by atoms with van der Waals surface area (Å²) in [6.45, 7) is 5.51. The highest BCUT2D eigenvalue weighted by atomic mass is 35.5. The predicted octanol–water partition coefficient (Wildman–Crippen LogP) is 3.06. The highest BCUT2D eigenvalue weighted by Crippen LogP contribution is 2.14. The van der Waals surface area contributed by atoms with Gasteiger partial charge in [0.1, 0.15) is 5.84 Å². The summed E-state index contributed by atoms with van der Waals surface area (Å²) in [5.74, 6) is -0.203. The highest BCUT2D eigenvalue weighted by Gasteiger charge is 2.07. The molecular formula is C13H15ClN2O. The van der Waals surface area contributed by atoms with Gasteiger partial charge in [0.25, 0.3) is 0 Å². The van der Waals surface area contributed by atoms with Crippen LogP contribution in [0.4, 0.5) is 0 Å². The van der Waals surface area contributed by atoms with Gasteiger partial charge in [0.2, 0.25) is 5.91 Å². The van der Waals surface area contributed by atoms with Crippen molar-refractivity contribution in [3.05, 3.63) is 46.0 Å². The van der Waals surface area contributed by atoms with E-state index in [9.17, 15) is 4.79 Å². The molecule has 1 aromatic carbocycles. The molecule has 0 fully saturated rings. The third kappa shape index (κ3) is 4.04. The third-order valence-electron chi connectivity index (χ3n) is 2.13. The molecule has 0 saturated carbocycles. The zero-order valence-corrected chi connectivity index (χ0v) is 10.9. The van der Waals surface area contributed by atoms with E-state index in [1.165, 1.54) is 6.08 Å². The lowest BCUT2D eigenvalue weighted by atomic mass is 10.1. The summed E-state index contributed by atoms with van der Waals surface area (Å²) >= 11 is 5.83. The Morgan fingerprint density at radius 2 is 2.06 bits per heavy atom. The second-order valence-electron chi connectivity index (χ2n) is 4.05. The lowest BCUT2D eigenvalue weighted by Crippen LogP contribution is -2.29. The Bertz CT molecular complexity index is 488. The molecule has 1 rings (SSSR count). The quantitative estimate of drug-likeness (QED) is 0.473. The van der Waals surface area contributed by atoms with Crippen LogP contribution in [0.2, 0.25) is 5.02 Å². The van der Waals surface area contributed by atoms with Crippen molar-refractivity contribution in [3.63, 3.8) is 0 Å². The van der Waals surface area contributed by atoms with E-state index in [1.54, 1.807) is 18.2 Å². The van der Waals surface area contributed by atoms with Crippen molar-refractivity contribution in [2.24, 2.45) is 0 Å². The van der Waals surface area contributed by atoms with Crippen molar-refractivity contribution < 1.29 is 4.79 Å². The molecule has 0 atom stereocenters. The number of allylic oxidation sites excluding steroid dienone is 1. The summed E-state index contributed by atoms with van der Waals surface area (Å²) in [6, 6.07) is 5.19. The molecule has 1 aromatic rings. The van der Waals surface area contributed by atoms with Crippen LogP contribution in [0.3, 0.4) is 0 Å². The Labute approximate surface area is 106 Å². The monoisotopic (exact) mass is 250 g/mol. The first kappa shape index (κ1) is 13.5. The van der Waals surface area contributed by atoms with Gasteiger partial charge in [0, 0.05) is 16.7 Å². The Kier molecular flexibility index (Phi) is 4.46. The molecular weight excluding hydrogens is 236 g/mol. The van der Waals surface area contributed by atoms with Gasteiger partial charge in [-0.3, -0.25) is 10.2 Å². The number of amidine groups is 1. The van der Waals surface area contributed by atoms with Crippen LogP contribution in [-0.2, 0) is 4.79 Å². The molecule has 0 aliphatic heterocycles. The van der Waals surface area contributed by atoms with Crippen molar-refractivity contribution in [3.8, 4) is 0 Å². The van der Waals surface area contributed by atoms with E-state index in [4.69, 9.17) is 17.0 Å². The average molecular weight is 251 g/mol. The Morgan fingerprint density at radius 1 is 1.41 bits per heavy atom. The standard InChI is InChI=1S/C13H15ClN2O/c1-8(2)6-12(17)16-13(15)11-5-4-10(14)7-9(11)3/h4-7H,1-3H3,(H2,15,16,17). The van der Waals surface area contributed by atoms with Crippen molar-refractivity contribution in [2.45, 2.75) is 20.8 Å². The van der Waals surface area contributed by atoms with Crippen molar-refractivity contribution in [2.75, 3.05) is 0 Å². The van der Waals surface area contributed by atoms with Crippen LogP contribution < -0.4 is 5.32 Å². The fourth-order valence-corrected chi connectivity index (χ4v) is 1.62. The molecule has 90 valence electrons. The molecule has 3 nitrogen and oxygen atoms in total. The number of benzene rings is 1. The molecule has 17 heavy (non-hydrogen) atoms. The van der Waals surface area contributed by atoms with Crippen LogP contribution in [0.15, 0.2) is 29.8 Å². The number of carbonyl (C=O) groups excluding carboxylic acids is 1. The van der Waals surface area contributed by atoms with Gasteiger partial charge in [-0.05, 0) is 44.5 Å². The van der Waals surface area contributed by atoms with Crippen LogP contribution in [0.1, 0.15) is 25.0 Å². The van der Waals surface area contributed by atoms with Crippen LogP contribution in [0.5, 0.6) is 0 Å². The van der Waals surface area contributed by atoms with Crippen LogP contribution in [0.25, 0.3) is 0 Å². The zero-order chi connectivity index (χ0) is 13.0. The Morgan fingerprint density at radius 3 is 2.59 bits per heavy atom. The highest BCUT2D eigenvalue weighted by molar-refractivity contribution is 6.30. The van der Waals surface area contributed by atoms with E-state index >= 15 is 0 Å². The van der Waals surface area contributed by atoms with E-state index in [0.717, 1.165) is 11.1 Å². The normalized spacial score (nSPS) is 9.65. The molecule has 0 unspecified atom stereocenters. The molecule has 0 saturated heterocycles. The van der Waals surface area contributed by atoms with Gasteiger partial charge in [0.15, 0.2) is 0 Å². The molecule has 0 bridgehead atoms. The lowest BCUT2D eigenvalue weighted by molar-refractivity contribution is -0.115. The topological polar surface area (TPSA) is 53.0 Å². The summed E-state index contributed by atoms with van der Waals surface area (Å²) in [6.07, 6.45) is 1.46. The molecule has 2 N–H and O–H groups in total. The van der Waals surface area contributed by atoms with Gasteiger partial charge in [-0.25, -0.2) is 0 Å². The van der Waals surface area contributed by atoms with Crippen molar-refractivity contribution in [1.82, 2.24) is 5.32 Å². The summed E-state index contributed by atoms with van der Waals surface area (Å²) in [5, 5.41) is 10.9. The minimum atomic E-state index is -0.288. The third-order valence-corrected chi connectivity index (χ3v) is 2.36. The number of rotatable bonds is 2. The zero-order valence-electron chi connectivity index (χ0n) is 10.1. The number of halogens is 1. The molecule has 0 aliphatic rings. The van der Waals surface area contributed by atoms with Crippen LogP contribution in [0, 0.1) is 12.3 Å². The summed E-state index contributed by atoms with van der Waals surface area (Å²) in [4.78, 5) is 11.5. The Hall–Kier alpha value is -1.61. The van der Waals surface area contributed by atoms with Gasteiger partial charge in [0.05, 0.1) is 0 Å². The number of carbonyl (C=O) groups is 1. The number of amides is 1. The van der Waals surface area contributed by atoms with Gasteiger partial charge in [-0.2, -0.15) is 0 Å². The van der Waals surface area contributed by atoms with Gasteiger partial charge in [-0.15, -0.1) is 0 Å². The molecule has 0 spiro atoms. The van der Waals surface area contributed by atoms with E-state index < -0.39 is 0 Å². The number of hydrogen-bond donors (Lipinski definition) is 2. The maximum atomic E-state index is 11.5. The summed E-state index contributed by atoms with van der Waals surface area (Å²) in [7, 11) is 0. The van der Waals surface area contributed by atoms with Gasteiger partial charge in [-0.1, -0.05) is 17.2 Å². The maximum Gasteiger partial charge on any atom is 0.249 e. The molecule has 0 aliphatic carbocycles. The minimum absolute atomic E-state index is 0.0849. The van der Waals surface area contributed by atoms with Crippen LogP contribution >= 0.6 is 11.6 Å². The van der Waals surface area contributed by atoms with E-state index in [-0.39, 0.29) is 11.7 Å². The number of hydrogen-bond acceptors (Lipinski definition) is 2. The Balaban J connectivity index is 2.84. The lowest BCUT2D eigenvalue weighted by Gasteiger charge is -2.08. The fraction of sp³-hybridized carbons (Fsp3) is 0.231. The maximum absolute atomic E-state index is 11.5. The van der Waals surface area contributed by atoms with E-state index in [1.807, 2.05) is 20.8 Å². The van der Waals surface area contributed by atoms with Gasteiger partial charge < -0.3 is 5.32 Å². The van der Waals surface area contributed by atoms with E-state index in [0.29, 0.717) is 10.6 Å². The predicted molar refractivity (Wildman–Crippen MR) is 70.6 cm³/mol. The smallest absolute Gasteiger partial charge is 0.249 e. The molecule has 0 heterocycles. The molecule has 0 radical (unpaired) electrons. The number of aryl methyl sites for hydroxylation is 1. The minimum Gasteiger partial charge on any atom is -0.307 e. The molecule has 0 aromatic heterocycles. The first-order valence-corrected chi connectivity index (χ1v) is 5.59. The second kappa shape index (κ2) is 5.64. The van der Waals surface area contributed by atoms with Crippen LogP contribution in [-0.4, -0.2) is 11.7 Å². The first-order valence-electron chi connectivity index (χ1n) is 5.21. The first-order chi connectivity index (χ1) is 7.90.